The number of imidazole rings is 1. The van der Waals surface area contributed by atoms with Crippen molar-refractivity contribution in [1.82, 2.24) is 33.7 Å². The van der Waals surface area contributed by atoms with Crippen LogP contribution in [0.2, 0.25) is 0 Å². The lowest BCUT2D eigenvalue weighted by molar-refractivity contribution is -0.137. The summed E-state index contributed by atoms with van der Waals surface area (Å²) in [7, 11) is 0. The quantitative estimate of drug-likeness (QED) is 0.486. The van der Waals surface area contributed by atoms with Gasteiger partial charge in [0.15, 0.2) is 5.82 Å². The predicted octanol–water partition coefficient (Wildman–Crippen LogP) is 1.68. The summed E-state index contributed by atoms with van der Waals surface area (Å²) in [6, 6.07) is 5.36. The highest BCUT2D eigenvalue weighted by molar-refractivity contribution is 5.83. The lowest BCUT2D eigenvalue weighted by Gasteiger charge is -2.05. The molecule has 30 heavy (non-hydrogen) atoms. The molecule has 4 aromatic heterocycles. The van der Waals surface area contributed by atoms with Crippen molar-refractivity contribution in [2.24, 2.45) is 0 Å². The van der Waals surface area contributed by atoms with Gasteiger partial charge in [0.1, 0.15) is 6.54 Å². The molecule has 0 unspecified atom stereocenters. The highest BCUT2D eigenvalue weighted by Crippen LogP contribution is 2.23. The number of aromatic nitrogens is 7. The molecule has 0 fully saturated rings. The van der Waals surface area contributed by atoms with Gasteiger partial charge in [-0.15, -0.1) is 0 Å². The van der Waals surface area contributed by atoms with Crippen LogP contribution in [0.15, 0.2) is 60.2 Å². The Bertz CT molecular complexity index is 1480. The zero-order valence-electron chi connectivity index (χ0n) is 15.8. The van der Waals surface area contributed by atoms with E-state index >= 15 is 0 Å². The molecule has 4 heterocycles. The maximum absolute atomic E-state index is 13.0. The number of para-hydroxylation sites is 1. The molecular weight excluding hydrogens is 386 g/mol. The normalized spacial score (nSPS) is 11.4. The fraction of sp³-hybridized carbons (Fsp3) is 0.100. The average Bonchev–Trinajstić information content (AvgIpc) is 3.29. The molecule has 0 bridgehead atoms. The van der Waals surface area contributed by atoms with Gasteiger partial charge in [-0.3, -0.25) is 19.3 Å². The zero-order valence-corrected chi connectivity index (χ0v) is 15.8. The Hall–Kier alpha value is -4.34. The highest BCUT2D eigenvalue weighted by atomic mass is 16.4. The van der Waals surface area contributed by atoms with E-state index in [9.17, 15) is 14.7 Å². The minimum atomic E-state index is -1.10. The summed E-state index contributed by atoms with van der Waals surface area (Å²) in [6.07, 6.45) is 9.79. The number of fused-ring (bicyclic) bond motifs is 2. The molecule has 5 aromatic rings. The molecule has 0 saturated carbocycles. The van der Waals surface area contributed by atoms with Crippen LogP contribution in [0.1, 0.15) is 5.56 Å². The molecule has 5 rings (SSSR count). The Morgan fingerprint density at radius 1 is 1.10 bits per heavy atom. The second kappa shape index (κ2) is 6.62. The molecule has 0 atom stereocenters. The summed E-state index contributed by atoms with van der Waals surface area (Å²) in [5.74, 6) is -0.789. The van der Waals surface area contributed by atoms with Crippen LogP contribution >= 0.6 is 0 Å². The number of benzene rings is 1. The fourth-order valence-electron chi connectivity index (χ4n) is 3.58. The number of carboxylic acid groups (broad SMARTS) is 1. The van der Waals surface area contributed by atoms with Crippen molar-refractivity contribution in [2.45, 2.75) is 13.5 Å². The number of aliphatic carboxylic acids is 1. The topological polar surface area (TPSA) is 120 Å². The lowest BCUT2D eigenvalue weighted by Crippen LogP contribution is -2.26. The first-order valence-corrected chi connectivity index (χ1v) is 9.07. The van der Waals surface area contributed by atoms with E-state index in [0.717, 1.165) is 16.6 Å². The van der Waals surface area contributed by atoms with E-state index in [0.29, 0.717) is 22.5 Å². The van der Waals surface area contributed by atoms with Crippen LogP contribution in [-0.2, 0) is 11.3 Å². The van der Waals surface area contributed by atoms with Crippen LogP contribution in [0.4, 0.5) is 0 Å². The van der Waals surface area contributed by atoms with Crippen molar-refractivity contribution in [3.05, 3.63) is 71.4 Å². The fourth-order valence-corrected chi connectivity index (χ4v) is 3.58. The summed E-state index contributed by atoms with van der Waals surface area (Å²) in [5, 5.41) is 13.5. The minimum absolute atomic E-state index is 0.307. The number of aryl methyl sites for hydroxylation is 1. The molecular formula is C20H15N7O3. The molecule has 10 heteroatoms. The van der Waals surface area contributed by atoms with Crippen molar-refractivity contribution in [1.29, 1.82) is 0 Å². The van der Waals surface area contributed by atoms with Crippen molar-refractivity contribution in [2.75, 3.05) is 0 Å². The SMILES string of the molecule is Cc1cccc2c1n(-c1cnc(-c3cnn4ccncc34)cn1)c(=O)n2CC(=O)O. The Kier molecular flexibility index (Phi) is 3.91. The zero-order chi connectivity index (χ0) is 20.8. The van der Waals surface area contributed by atoms with E-state index in [-0.39, 0.29) is 0 Å². The van der Waals surface area contributed by atoms with E-state index < -0.39 is 18.2 Å². The molecule has 0 aliphatic rings. The van der Waals surface area contributed by atoms with E-state index in [4.69, 9.17) is 0 Å². The monoisotopic (exact) mass is 401 g/mol. The van der Waals surface area contributed by atoms with Gasteiger partial charge in [-0.05, 0) is 18.6 Å². The van der Waals surface area contributed by atoms with Gasteiger partial charge in [0.2, 0.25) is 0 Å². The number of hydrogen-bond acceptors (Lipinski definition) is 6. The third kappa shape index (κ3) is 2.65. The Labute approximate surface area is 168 Å². The molecule has 0 aliphatic heterocycles. The number of rotatable bonds is 4. The Morgan fingerprint density at radius 3 is 2.73 bits per heavy atom. The first-order chi connectivity index (χ1) is 14.5. The maximum atomic E-state index is 13.0. The number of carboxylic acids is 1. The van der Waals surface area contributed by atoms with Crippen LogP contribution in [0.5, 0.6) is 0 Å². The van der Waals surface area contributed by atoms with Crippen LogP contribution in [0.25, 0.3) is 33.6 Å². The Balaban J connectivity index is 1.67. The molecule has 0 aliphatic carbocycles. The van der Waals surface area contributed by atoms with Crippen molar-refractivity contribution < 1.29 is 9.90 Å². The van der Waals surface area contributed by atoms with Gasteiger partial charge in [0.25, 0.3) is 0 Å². The van der Waals surface area contributed by atoms with Crippen LogP contribution in [0, 0.1) is 6.92 Å². The smallest absolute Gasteiger partial charge is 0.335 e. The van der Waals surface area contributed by atoms with E-state index in [2.05, 4.69) is 20.1 Å². The van der Waals surface area contributed by atoms with Gasteiger partial charge in [-0.1, -0.05) is 12.1 Å². The van der Waals surface area contributed by atoms with Gasteiger partial charge in [0.05, 0.1) is 47.0 Å². The first-order valence-electron chi connectivity index (χ1n) is 9.07. The van der Waals surface area contributed by atoms with E-state index in [1.54, 1.807) is 47.6 Å². The molecule has 148 valence electrons. The molecule has 0 amide bonds. The summed E-state index contributed by atoms with van der Waals surface area (Å²) in [6.45, 7) is 1.42. The van der Waals surface area contributed by atoms with Gasteiger partial charge in [0, 0.05) is 18.0 Å². The number of hydrogen-bond donors (Lipinski definition) is 1. The third-order valence-corrected chi connectivity index (χ3v) is 4.91. The molecule has 1 aromatic carbocycles. The summed E-state index contributed by atoms with van der Waals surface area (Å²) < 4.78 is 4.30. The largest absolute Gasteiger partial charge is 0.480 e. The molecule has 1 N–H and O–H groups in total. The molecule has 0 spiro atoms. The number of nitrogens with zero attached hydrogens (tertiary/aromatic N) is 7. The van der Waals surface area contributed by atoms with E-state index in [1.165, 1.54) is 15.3 Å². The Morgan fingerprint density at radius 2 is 1.97 bits per heavy atom. The van der Waals surface area contributed by atoms with Gasteiger partial charge >= 0.3 is 11.7 Å². The summed E-state index contributed by atoms with van der Waals surface area (Å²) >= 11 is 0. The summed E-state index contributed by atoms with van der Waals surface area (Å²) in [5.41, 5.74) is 3.61. The van der Waals surface area contributed by atoms with Crippen LogP contribution in [-0.4, -0.2) is 44.8 Å². The van der Waals surface area contributed by atoms with Gasteiger partial charge in [-0.2, -0.15) is 5.10 Å². The molecule has 0 saturated heterocycles. The maximum Gasteiger partial charge on any atom is 0.335 e. The van der Waals surface area contributed by atoms with E-state index in [1.807, 2.05) is 13.0 Å². The summed E-state index contributed by atoms with van der Waals surface area (Å²) in [4.78, 5) is 37.3. The highest BCUT2D eigenvalue weighted by Gasteiger charge is 2.19. The average molecular weight is 401 g/mol. The van der Waals surface area contributed by atoms with Crippen molar-refractivity contribution in [3.8, 4) is 17.1 Å². The van der Waals surface area contributed by atoms with Gasteiger partial charge in [-0.25, -0.2) is 18.9 Å². The van der Waals surface area contributed by atoms with Gasteiger partial charge < -0.3 is 5.11 Å². The second-order valence-corrected chi connectivity index (χ2v) is 6.76. The molecule has 10 nitrogen and oxygen atoms in total. The number of carbonyl (C=O) groups is 1. The predicted molar refractivity (Wildman–Crippen MR) is 107 cm³/mol. The van der Waals surface area contributed by atoms with Crippen molar-refractivity contribution >= 4 is 22.5 Å². The van der Waals surface area contributed by atoms with Crippen molar-refractivity contribution in [3.63, 3.8) is 0 Å². The molecule has 0 radical (unpaired) electrons. The standard InChI is InChI=1S/C20H15N7O3/c1-12-3-2-4-15-19(12)27(20(30)25(15)11-18(28)29)17-10-22-14(8-23-17)13-7-24-26-6-5-21-9-16(13)26/h2-10H,11H2,1H3,(H,28,29). The second-order valence-electron chi connectivity index (χ2n) is 6.76. The minimum Gasteiger partial charge on any atom is -0.480 e. The lowest BCUT2D eigenvalue weighted by atomic mass is 10.2. The van der Waals surface area contributed by atoms with Crippen LogP contribution in [0.3, 0.4) is 0 Å². The third-order valence-electron chi connectivity index (χ3n) is 4.91. The first kappa shape index (κ1) is 17.7. The van der Waals surface area contributed by atoms with Crippen LogP contribution < -0.4 is 5.69 Å².